The van der Waals surface area contributed by atoms with E-state index in [1.54, 1.807) is 6.07 Å². The minimum absolute atomic E-state index is 0.0219. The van der Waals surface area contributed by atoms with Crippen molar-refractivity contribution in [3.63, 3.8) is 0 Å². The molecule has 0 fully saturated rings. The molecule has 0 bridgehead atoms. The fraction of sp³-hybridized carbons (Fsp3) is 0.231. The Kier molecular flexibility index (Phi) is 2.64. The van der Waals surface area contributed by atoms with E-state index >= 15 is 0 Å². The van der Waals surface area contributed by atoms with Gasteiger partial charge in [0.2, 0.25) is 0 Å². The number of halogens is 2. The van der Waals surface area contributed by atoms with Crippen molar-refractivity contribution in [2.45, 2.75) is 12.8 Å². The van der Waals surface area contributed by atoms with Gasteiger partial charge in [0.05, 0.1) is 6.54 Å². The SMILES string of the molecule is Cc1ccc2cc(C(F)(F)CN)ccc2c1. The Hall–Kier alpha value is -1.48. The summed E-state index contributed by atoms with van der Waals surface area (Å²) >= 11 is 0. The highest BCUT2D eigenvalue weighted by Crippen LogP contribution is 2.29. The van der Waals surface area contributed by atoms with Crippen LogP contribution in [0, 0.1) is 6.92 Å². The highest BCUT2D eigenvalue weighted by Gasteiger charge is 2.29. The molecule has 3 heteroatoms. The molecule has 0 aliphatic rings. The molecular formula is C13H13F2N. The number of rotatable bonds is 2. The van der Waals surface area contributed by atoms with E-state index in [1.165, 1.54) is 12.1 Å². The van der Waals surface area contributed by atoms with Crippen molar-refractivity contribution in [3.8, 4) is 0 Å². The fourth-order valence-corrected chi connectivity index (χ4v) is 1.71. The lowest BCUT2D eigenvalue weighted by Gasteiger charge is -2.14. The zero-order valence-corrected chi connectivity index (χ0v) is 9.00. The fourth-order valence-electron chi connectivity index (χ4n) is 1.71. The predicted molar refractivity (Wildman–Crippen MR) is 61.6 cm³/mol. The number of nitrogens with two attached hydrogens (primary N) is 1. The summed E-state index contributed by atoms with van der Waals surface area (Å²) in [6, 6.07) is 10.4. The van der Waals surface area contributed by atoms with Gasteiger partial charge >= 0.3 is 0 Å². The van der Waals surface area contributed by atoms with Crippen LogP contribution in [0.25, 0.3) is 10.8 Å². The van der Waals surface area contributed by atoms with Crippen LogP contribution in [-0.2, 0) is 5.92 Å². The molecule has 0 atom stereocenters. The first kappa shape index (κ1) is 11.0. The first-order valence-electron chi connectivity index (χ1n) is 5.12. The highest BCUT2D eigenvalue weighted by molar-refractivity contribution is 5.83. The summed E-state index contributed by atoms with van der Waals surface area (Å²) in [6.45, 7) is 1.31. The predicted octanol–water partition coefficient (Wildman–Crippen LogP) is 3.20. The van der Waals surface area contributed by atoms with Gasteiger partial charge < -0.3 is 5.73 Å². The van der Waals surface area contributed by atoms with Gasteiger partial charge in [0.1, 0.15) is 0 Å². The van der Waals surface area contributed by atoms with Gasteiger partial charge in [-0.2, -0.15) is 8.78 Å². The van der Waals surface area contributed by atoms with E-state index in [2.05, 4.69) is 0 Å². The van der Waals surface area contributed by atoms with Crippen molar-refractivity contribution in [3.05, 3.63) is 47.5 Å². The Morgan fingerprint density at radius 2 is 1.69 bits per heavy atom. The molecule has 0 aliphatic carbocycles. The Morgan fingerprint density at radius 1 is 1.06 bits per heavy atom. The van der Waals surface area contributed by atoms with Crippen molar-refractivity contribution < 1.29 is 8.78 Å². The first-order valence-corrected chi connectivity index (χ1v) is 5.12. The lowest BCUT2D eigenvalue weighted by atomic mass is 10.0. The molecule has 0 saturated heterocycles. The molecule has 0 saturated carbocycles. The lowest BCUT2D eigenvalue weighted by Crippen LogP contribution is -2.24. The molecular weight excluding hydrogens is 208 g/mol. The van der Waals surface area contributed by atoms with E-state index in [9.17, 15) is 8.78 Å². The summed E-state index contributed by atoms with van der Waals surface area (Å²) in [4.78, 5) is 0. The number of hydrogen-bond donors (Lipinski definition) is 1. The molecule has 0 unspecified atom stereocenters. The van der Waals surface area contributed by atoms with Crippen LogP contribution in [0.15, 0.2) is 36.4 Å². The largest absolute Gasteiger partial charge is 0.325 e. The van der Waals surface area contributed by atoms with Gasteiger partial charge in [0.15, 0.2) is 0 Å². The number of hydrogen-bond acceptors (Lipinski definition) is 1. The average molecular weight is 221 g/mol. The second-order valence-corrected chi connectivity index (χ2v) is 3.97. The molecule has 2 N–H and O–H groups in total. The van der Waals surface area contributed by atoms with E-state index < -0.39 is 12.5 Å². The molecule has 2 aromatic rings. The molecule has 0 heterocycles. The van der Waals surface area contributed by atoms with Crippen molar-refractivity contribution in [1.82, 2.24) is 0 Å². The maximum Gasteiger partial charge on any atom is 0.285 e. The number of benzene rings is 2. The van der Waals surface area contributed by atoms with Crippen LogP contribution in [0.1, 0.15) is 11.1 Å². The molecule has 2 rings (SSSR count). The summed E-state index contributed by atoms with van der Waals surface area (Å²) in [5.74, 6) is -2.95. The Balaban J connectivity index is 2.57. The molecule has 16 heavy (non-hydrogen) atoms. The van der Waals surface area contributed by atoms with Crippen LogP contribution in [0.3, 0.4) is 0 Å². The van der Waals surface area contributed by atoms with E-state index in [-0.39, 0.29) is 5.56 Å². The quantitative estimate of drug-likeness (QED) is 0.828. The zero-order chi connectivity index (χ0) is 11.8. The molecule has 2 aromatic carbocycles. The normalized spacial score (nSPS) is 12.0. The summed E-state index contributed by atoms with van der Waals surface area (Å²) in [5, 5.41) is 1.78. The lowest BCUT2D eigenvalue weighted by molar-refractivity contribution is 0.00609. The van der Waals surface area contributed by atoms with Gasteiger partial charge in [-0.1, -0.05) is 35.9 Å². The van der Waals surface area contributed by atoms with Gasteiger partial charge in [0, 0.05) is 5.56 Å². The third kappa shape index (κ3) is 1.91. The Morgan fingerprint density at radius 3 is 2.38 bits per heavy atom. The molecule has 84 valence electrons. The summed E-state index contributed by atoms with van der Waals surface area (Å²) in [6.07, 6.45) is 0. The maximum atomic E-state index is 13.4. The standard InChI is InChI=1S/C13H13F2N/c1-9-2-3-11-7-12(13(14,15)8-16)5-4-10(11)6-9/h2-7H,8,16H2,1H3. The van der Waals surface area contributed by atoms with Crippen molar-refractivity contribution >= 4 is 10.8 Å². The minimum atomic E-state index is -2.95. The monoisotopic (exact) mass is 221 g/mol. The summed E-state index contributed by atoms with van der Waals surface area (Å²) in [7, 11) is 0. The molecule has 0 amide bonds. The number of alkyl halides is 2. The average Bonchev–Trinajstić information content (AvgIpc) is 2.28. The Labute approximate surface area is 92.9 Å². The second kappa shape index (κ2) is 3.83. The van der Waals surface area contributed by atoms with Gasteiger partial charge in [-0.25, -0.2) is 0 Å². The van der Waals surface area contributed by atoms with Crippen LogP contribution >= 0.6 is 0 Å². The minimum Gasteiger partial charge on any atom is -0.325 e. The van der Waals surface area contributed by atoms with Crippen LogP contribution in [0.2, 0.25) is 0 Å². The second-order valence-electron chi connectivity index (χ2n) is 3.97. The van der Waals surface area contributed by atoms with Gasteiger partial charge in [-0.3, -0.25) is 0 Å². The van der Waals surface area contributed by atoms with Crippen LogP contribution < -0.4 is 5.73 Å². The zero-order valence-electron chi connectivity index (χ0n) is 9.00. The maximum absolute atomic E-state index is 13.4. The first-order chi connectivity index (χ1) is 7.53. The summed E-state index contributed by atoms with van der Waals surface area (Å²) < 4.78 is 26.7. The number of aryl methyl sites for hydroxylation is 1. The van der Waals surface area contributed by atoms with E-state index in [1.807, 2.05) is 25.1 Å². The molecule has 0 aliphatic heterocycles. The van der Waals surface area contributed by atoms with E-state index in [4.69, 9.17) is 5.73 Å². The van der Waals surface area contributed by atoms with Crippen LogP contribution in [0.4, 0.5) is 8.78 Å². The molecule has 0 aromatic heterocycles. The van der Waals surface area contributed by atoms with Crippen molar-refractivity contribution in [2.24, 2.45) is 5.73 Å². The van der Waals surface area contributed by atoms with Crippen molar-refractivity contribution in [1.29, 1.82) is 0 Å². The summed E-state index contributed by atoms with van der Waals surface area (Å²) in [5.41, 5.74) is 6.15. The highest BCUT2D eigenvalue weighted by atomic mass is 19.3. The van der Waals surface area contributed by atoms with Gasteiger partial charge in [-0.15, -0.1) is 0 Å². The third-order valence-electron chi connectivity index (χ3n) is 2.67. The topological polar surface area (TPSA) is 26.0 Å². The molecule has 0 spiro atoms. The Bertz CT molecular complexity index is 520. The van der Waals surface area contributed by atoms with Crippen molar-refractivity contribution in [2.75, 3.05) is 6.54 Å². The number of fused-ring (bicyclic) bond motifs is 1. The third-order valence-corrected chi connectivity index (χ3v) is 2.67. The van der Waals surface area contributed by atoms with Crippen LogP contribution in [0.5, 0.6) is 0 Å². The van der Waals surface area contributed by atoms with Gasteiger partial charge in [-0.05, 0) is 23.8 Å². The molecule has 0 radical (unpaired) electrons. The van der Waals surface area contributed by atoms with E-state index in [0.717, 1.165) is 16.3 Å². The van der Waals surface area contributed by atoms with Crippen LogP contribution in [-0.4, -0.2) is 6.54 Å². The molecule has 1 nitrogen and oxygen atoms in total. The van der Waals surface area contributed by atoms with E-state index in [0.29, 0.717) is 0 Å². The smallest absolute Gasteiger partial charge is 0.285 e. The van der Waals surface area contributed by atoms with Gasteiger partial charge in [0.25, 0.3) is 5.92 Å².